The lowest BCUT2D eigenvalue weighted by molar-refractivity contribution is -0.141. The van der Waals surface area contributed by atoms with Gasteiger partial charge >= 0.3 is 0 Å². The van der Waals surface area contributed by atoms with Gasteiger partial charge in [-0.15, -0.1) is 11.3 Å². The fourth-order valence-electron chi connectivity index (χ4n) is 3.11. The molecule has 1 aromatic heterocycles. The zero-order valence-electron chi connectivity index (χ0n) is 19.8. The van der Waals surface area contributed by atoms with Crippen molar-refractivity contribution in [2.45, 2.75) is 38.8 Å². The van der Waals surface area contributed by atoms with Crippen LogP contribution >= 0.6 is 11.3 Å². The third kappa shape index (κ3) is 7.57. The van der Waals surface area contributed by atoms with Crippen LogP contribution in [-0.2, 0) is 14.3 Å². The molecule has 0 fully saturated rings. The summed E-state index contributed by atoms with van der Waals surface area (Å²) in [4.78, 5) is 41.0. The van der Waals surface area contributed by atoms with Gasteiger partial charge in [0, 0.05) is 19.2 Å². The van der Waals surface area contributed by atoms with Crippen molar-refractivity contribution >= 4 is 29.1 Å². The number of nitrogens with one attached hydrogen (secondary N) is 2. The zero-order valence-corrected chi connectivity index (χ0v) is 20.7. The molecule has 0 aliphatic rings. The van der Waals surface area contributed by atoms with Crippen molar-refractivity contribution in [3.63, 3.8) is 0 Å². The van der Waals surface area contributed by atoms with Gasteiger partial charge in [-0.25, -0.2) is 0 Å². The fraction of sp³-hybridized carbons (Fsp3) is 0.458. The molecule has 0 saturated carbocycles. The quantitative estimate of drug-likeness (QED) is 0.492. The molecular formula is C24H33N3O5S. The van der Waals surface area contributed by atoms with Crippen LogP contribution in [0.5, 0.6) is 5.75 Å². The van der Waals surface area contributed by atoms with Crippen LogP contribution in [0.4, 0.5) is 0 Å². The number of benzene rings is 1. The Bertz CT molecular complexity index is 930. The van der Waals surface area contributed by atoms with Gasteiger partial charge in [-0.2, -0.15) is 0 Å². The Kier molecular flexibility index (Phi) is 9.87. The van der Waals surface area contributed by atoms with Crippen LogP contribution < -0.4 is 15.4 Å². The molecule has 9 heteroatoms. The van der Waals surface area contributed by atoms with Crippen LogP contribution in [0.3, 0.4) is 0 Å². The van der Waals surface area contributed by atoms with E-state index in [-0.39, 0.29) is 31.5 Å². The molecule has 0 saturated heterocycles. The maximum absolute atomic E-state index is 13.5. The molecule has 3 amide bonds. The summed E-state index contributed by atoms with van der Waals surface area (Å²) in [5, 5.41) is 7.48. The second-order valence-electron chi connectivity index (χ2n) is 8.15. The maximum Gasteiger partial charge on any atom is 0.261 e. The number of carbonyl (C=O) groups excluding carboxylic acids is 3. The standard InChI is InChI=1S/C24H33N3O5S/c1-6-24(2,3)26-23(30)21(17-9-7-10-18(15-17)32-5)27(12-13-31-4)20(28)16-25-22(29)19-11-8-14-33-19/h7-11,14-15,21H,6,12-13,16H2,1-5H3,(H,25,29)(H,26,30). The molecule has 33 heavy (non-hydrogen) atoms. The molecular weight excluding hydrogens is 442 g/mol. The maximum atomic E-state index is 13.5. The van der Waals surface area contributed by atoms with E-state index < -0.39 is 17.5 Å². The van der Waals surface area contributed by atoms with E-state index in [1.54, 1.807) is 48.9 Å². The summed E-state index contributed by atoms with van der Waals surface area (Å²) in [6, 6.07) is 9.60. The lowest BCUT2D eigenvalue weighted by atomic mass is 9.98. The minimum Gasteiger partial charge on any atom is -0.497 e. The van der Waals surface area contributed by atoms with Gasteiger partial charge in [0.15, 0.2) is 0 Å². The minimum absolute atomic E-state index is 0.173. The van der Waals surface area contributed by atoms with Crippen LogP contribution in [0.15, 0.2) is 41.8 Å². The Balaban J connectivity index is 2.36. The number of ether oxygens (including phenoxy) is 2. The first-order chi connectivity index (χ1) is 15.7. The summed E-state index contributed by atoms with van der Waals surface area (Å²) in [7, 11) is 3.07. The predicted molar refractivity (Wildman–Crippen MR) is 128 cm³/mol. The van der Waals surface area contributed by atoms with Crippen LogP contribution in [0, 0.1) is 0 Å². The number of methoxy groups -OCH3 is 2. The van der Waals surface area contributed by atoms with Gasteiger partial charge in [-0.1, -0.05) is 25.1 Å². The third-order valence-electron chi connectivity index (χ3n) is 5.32. The number of nitrogens with zero attached hydrogens (tertiary/aromatic N) is 1. The Morgan fingerprint density at radius 1 is 1.15 bits per heavy atom. The Morgan fingerprint density at radius 2 is 1.91 bits per heavy atom. The van der Waals surface area contributed by atoms with Gasteiger partial charge in [0.05, 0.1) is 25.1 Å². The van der Waals surface area contributed by atoms with Crippen molar-refractivity contribution in [3.05, 3.63) is 52.2 Å². The molecule has 8 nitrogen and oxygen atoms in total. The summed E-state index contributed by atoms with van der Waals surface area (Å²) in [6.45, 7) is 5.99. The van der Waals surface area contributed by atoms with Crippen molar-refractivity contribution in [3.8, 4) is 5.75 Å². The molecule has 180 valence electrons. The van der Waals surface area contributed by atoms with E-state index in [9.17, 15) is 14.4 Å². The molecule has 2 rings (SSSR count). The third-order valence-corrected chi connectivity index (χ3v) is 6.19. The predicted octanol–water partition coefficient (Wildman–Crippen LogP) is 3.01. The number of rotatable bonds is 12. The fourth-order valence-corrected chi connectivity index (χ4v) is 3.75. The second-order valence-corrected chi connectivity index (χ2v) is 9.09. The van der Waals surface area contributed by atoms with Crippen molar-refractivity contribution in [1.29, 1.82) is 0 Å². The average Bonchev–Trinajstić information content (AvgIpc) is 3.34. The van der Waals surface area contributed by atoms with E-state index in [1.165, 1.54) is 23.3 Å². The molecule has 0 aliphatic heterocycles. The lowest BCUT2D eigenvalue weighted by Crippen LogP contribution is -2.52. The van der Waals surface area contributed by atoms with Crippen LogP contribution in [0.25, 0.3) is 0 Å². The van der Waals surface area contributed by atoms with Gasteiger partial charge < -0.3 is 25.0 Å². The van der Waals surface area contributed by atoms with Gasteiger partial charge in [0.2, 0.25) is 11.8 Å². The monoisotopic (exact) mass is 475 g/mol. The molecule has 0 radical (unpaired) electrons. The number of hydrogen-bond donors (Lipinski definition) is 2. The molecule has 0 aliphatic carbocycles. The molecule has 1 aromatic carbocycles. The molecule has 2 aromatic rings. The van der Waals surface area contributed by atoms with Crippen LogP contribution in [-0.4, -0.2) is 62.1 Å². The first kappa shape index (κ1) is 26.3. The normalized spacial score (nSPS) is 12.0. The highest BCUT2D eigenvalue weighted by Gasteiger charge is 2.34. The van der Waals surface area contributed by atoms with E-state index in [2.05, 4.69) is 10.6 Å². The number of hydrogen-bond acceptors (Lipinski definition) is 6. The Hall–Kier alpha value is -2.91. The van der Waals surface area contributed by atoms with E-state index in [0.29, 0.717) is 22.6 Å². The summed E-state index contributed by atoms with van der Waals surface area (Å²) >= 11 is 1.29. The van der Waals surface area contributed by atoms with Crippen molar-refractivity contribution < 1.29 is 23.9 Å². The SMILES string of the molecule is CCC(C)(C)NC(=O)C(c1cccc(OC)c1)N(CCOC)C(=O)CNC(=O)c1cccs1. The largest absolute Gasteiger partial charge is 0.497 e. The van der Waals surface area contributed by atoms with Crippen molar-refractivity contribution in [1.82, 2.24) is 15.5 Å². The van der Waals surface area contributed by atoms with Crippen LogP contribution in [0.1, 0.15) is 48.5 Å². The second kappa shape index (κ2) is 12.4. The van der Waals surface area contributed by atoms with Crippen LogP contribution in [0.2, 0.25) is 0 Å². The van der Waals surface area contributed by atoms with E-state index in [1.807, 2.05) is 20.8 Å². The number of carbonyl (C=O) groups is 3. The summed E-state index contributed by atoms with van der Waals surface area (Å²) in [6.07, 6.45) is 0.715. The number of thiophene rings is 1. The Morgan fingerprint density at radius 3 is 2.52 bits per heavy atom. The summed E-state index contributed by atoms with van der Waals surface area (Å²) in [5.74, 6) is -0.469. The van der Waals surface area contributed by atoms with Crippen molar-refractivity contribution in [2.75, 3.05) is 33.9 Å². The molecule has 0 bridgehead atoms. The topological polar surface area (TPSA) is 97.0 Å². The Labute approximate surface area is 199 Å². The van der Waals surface area contributed by atoms with E-state index in [4.69, 9.17) is 9.47 Å². The van der Waals surface area contributed by atoms with Crippen molar-refractivity contribution in [2.24, 2.45) is 0 Å². The number of amides is 3. The average molecular weight is 476 g/mol. The van der Waals surface area contributed by atoms with Gasteiger partial charge in [0.25, 0.3) is 5.91 Å². The highest BCUT2D eigenvalue weighted by molar-refractivity contribution is 7.12. The molecule has 1 unspecified atom stereocenters. The minimum atomic E-state index is -0.924. The van der Waals surface area contributed by atoms with Gasteiger partial charge in [-0.3, -0.25) is 14.4 Å². The first-order valence-electron chi connectivity index (χ1n) is 10.8. The summed E-state index contributed by atoms with van der Waals surface area (Å²) in [5.41, 5.74) is 0.144. The van der Waals surface area contributed by atoms with E-state index in [0.717, 1.165) is 0 Å². The molecule has 0 spiro atoms. The molecule has 1 heterocycles. The highest BCUT2D eigenvalue weighted by atomic mass is 32.1. The highest BCUT2D eigenvalue weighted by Crippen LogP contribution is 2.26. The first-order valence-corrected chi connectivity index (χ1v) is 11.7. The summed E-state index contributed by atoms with van der Waals surface area (Å²) < 4.78 is 10.5. The zero-order chi connectivity index (χ0) is 24.4. The smallest absolute Gasteiger partial charge is 0.261 e. The van der Waals surface area contributed by atoms with Gasteiger partial charge in [-0.05, 0) is 49.4 Å². The molecule has 1 atom stereocenters. The lowest BCUT2D eigenvalue weighted by Gasteiger charge is -2.34. The van der Waals surface area contributed by atoms with E-state index >= 15 is 0 Å². The molecule has 2 N–H and O–H groups in total. The van der Waals surface area contributed by atoms with Gasteiger partial charge in [0.1, 0.15) is 11.8 Å².